The Morgan fingerprint density at radius 2 is 1.84 bits per heavy atom. The van der Waals surface area contributed by atoms with Crippen molar-refractivity contribution >= 4 is 12.0 Å². The van der Waals surface area contributed by atoms with Gasteiger partial charge in [0.1, 0.15) is 6.04 Å². The van der Waals surface area contributed by atoms with Crippen LogP contribution in [0.25, 0.3) is 0 Å². The number of rotatable bonds is 6. The number of aliphatic carboxylic acids is 1. The fourth-order valence-corrected chi connectivity index (χ4v) is 1.68. The molecule has 0 heterocycles. The third-order valence-electron chi connectivity index (χ3n) is 2.61. The molecule has 2 amide bonds. The highest BCUT2D eigenvalue weighted by molar-refractivity contribution is 5.82. The Balaban J connectivity index is 2.42. The molecule has 1 aromatic rings. The van der Waals surface area contributed by atoms with E-state index < -0.39 is 18.0 Å². The molecule has 0 spiro atoms. The van der Waals surface area contributed by atoms with Crippen molar-refractivity contribution < 1.29 is 14.7 Å². The zero-order valence-corrected chi connectivity index (χ0v) is 11.2. The summed E-state index contributed by atoms with van der Waals surface area (Å²) in [5, 5.41) is 14.1. The van der Waals surface area contributed by atoms with Crippen LogP contribution in [0.15, 0.2) is 30.3 Å². The predicted molar refractivity (Wildman–Crippen MR) is 72.7 cm³/mol. The van der Waals surface area contributed by atoms with E-state index in [1.807, 2.05) is 44.2 Å². The van der Waals surface area contributed by atoms with Crippen molar-refractivity contribution in [3.63, 3.8) is 0 Å². The predicted octanol–water partition coefficient (Wildman–Crippen LogP) is 1.99. The molecule has 0 fully saturated rings. The summed E-state index contributed by atoms with van der Waals surface area (Å²) in [5.74, 6) is -0.806. The largest absolute Gasteiger partial charge is 0.480 e. The highest BCUT2D eigenvalue weighted by Crippen LogP contribution is 2.05. The van der Waals surface area contributed by atoms with Gasteiger partial charge in [-0.05, 0) is 17.9 Å². The second kappa shape index (κ2) is 7.41. The van der Waals surface area contributed by atoms with Crippen molar-refractivity contribution in [1.82, 2.24) is 10.6 Å². The van der Waals surface area contributed by atoms with E-state index >= 15 is 0 Å². The van der Waals surface area contributed by atoms with E-state index in [-0.39, 0.29) is 5.92 Å². The first-order chi connectivity index (χ1) is 8.99. The zero-order valence-electron chi connectivity index (χ0n) is 11.2. The van der Waals surface area contributed by atoms with Crippen molar-refractivity contribution in [3.8, 4) is 0 Å². The highest BCUT2D eigenvalue weighted by Gasteiger charge is 2.20. The average molecular weight is 264 g/mol. The molecule has 1 aromatic carbocycles. The van der Waals surface area contributed by atoms with Gasteiger partial charge in [0.15, 0.2) is 0 Å². The second-order valence-electron chi connectivity index (χ2n) is 4.83. The van der Waals surface area contributed by atoms with Crippen molar-refractivity contribution in [2.75, 3.05) is 0 Å². The molecule has 5 heteroatoms. The normalized spacial score (nSPS) is 11.9. The van der Waals surface area contributed by atoms with E-state index in [0.29, 0.717) is 13.0 Å². The Kier molecular flexibility index (Phi) is 5.85. The van der Waals surface area contributed by atoms with E-state index in [1.165, 1.54) is 0 Å². The molecule has 0 saturated heterocycles. The number of urea groups is 1. The minimum absolute atomic E-state index is 0.204. The summed E-state index contributed by atoms with van der Waals surface area (Å²) >= 11 is 0. The molecule has 0 saturated carbocycles. The van der Waals surface area contributed by atoms with Crippen molar-refractivity contribution in [2.24, 2.45) is 5.92 Å². The molecule has 104 valence electrons. The molecule has 1 atom stereocenters. The van der Waals surface area contributed by atoms with E-state index in [0.717, 1.165) is 5.56 Å². The van der Waals surface area contributed by atoms with Crippen LogP contribution in [0, 0.1) is 5.92 Å². The van der Waals surface area contributed by atoms with Crippen LogP contribution in [0.4, 0.5) is 4.79 Å². The fourth-order valence-electron chi connectivity index (χ4n) is 1.68. The fraction of sp³-hybridized carbons (Fsp3) is 0.429. The highest BCUT2D eigenvalue weighted by atomic mass is 16.4. The first-order valence-corrected chi connectivity index (χ1v) is 6.30. The minimum atomic E-state index is -1.01. The number of amides is 2. The maximum absolute atomic E-state index is 11.6. The van der Waals surface area contributed by atoms with Crippen LogP contribution in [0.3, 0.4) is 0 Å². The van der Waals surface area contributed by atoms with Gasteiger partial charge >= 0.3 is 12.0 Å². The van der Waals surface area contributed by atoms with Crippen LogP contribution in [-0.4, -0.2) is 23.1 Å². The van der Waals surface area contributed by atoms with Crippen LogP contribution in [0.1, 0.15) is 25.8 Å². The van der Waals surface area contributed by atoms with Gasteiger partial charge in [0.25, 0.3) is 0 Å². The Bertz CT molecular complexity index is 418. The van der Waals surface area contributed by atoms with Crippen LogP contribution < -0.4 is 10.6 Å². The molecule has 19 heavy (non-hydrogen) atoms. The third-order valence-corrected chi connectivity index (χ3v) is 2.61. The number of hydrogen-bond donors (Lipinski definition) is 3. The average Bonchev–Trinajstić information content (AvgIpc) is 2.36. The van der Waals surface area contributed by atoms with Crippen LogP contribution in [-0.2, 0) is 11.3 Å². The number of carboxylic acids is 1. The van der Waals surface area contributed by atoms with Gasteiger partial charge in [-0.2, -0.15) is 0 Å². The van der Waals surface area contributed by atoms with Gasteiger partial charge in [-0.3, -0.25) is 0 Å². The Hall–Kier alpha value is -2.04. The summed E-state index contributed by atoms with van der Waals surface area (Å²) in [5.41, 5.74) is 0.966. The lowest BCUT2D eigenvalue weighted by atomic mass is 10.0. The molecule has 0 aliphatic rings. The SMILES string of the molecule is CC(C)CC(NC(=O)NCc1ccccc1)C(=O)O. The van der Waals surface area contributed by atoms with Gasteiger partial charge in [-0.25, -0.2) is 9.59 Å². The smallest absolute Gasteiger partial charge is 0.326 e. The third kappa shape index (κ3) is 5.90. The number of hydrogen-bond acceptors (Lipinski definition) is 2. The summed E-state index contributed by atoms with van der Waals surface area (Å²) in [7, 11) is 0. The van der Waals surface area contributed by atoms with Crippen molar-refractivity contribution in [2.45, 2.75) is 32.9 Å². The topological polar surface area (TPSA) is 78.4 Å². The Labute approximate surface area is 113 Å². The maximum atomic E-state index is 11.6. The van der Waals surface area contributed by atoms with E-state index in [4.69, 9.17) is 5.11 Å². The van der Waals surface area contributed by atoms with Crippen molar-refractivity contribution in [3.05, 3.63) is 35.9 Å². The number of carboxylic acid groups (broad SMARTS) is 1. The van der Waals surface area contributed by atoms with Gasteiger partial charge in [-0.15, -0.1) is 0 Å². The quantitative estimate of drug-likeness (QED) is 0.735. The van der Waals surface area contributed by atoms with Gasteiger partial charge in [-0.1, -0.05) is 44.2 Å². The van der Waals surface area contributed by atoms with Crippen molar-refractivity contribution in [1.29, 1.82) is 0 Å². The summed E-state index contributed by atoms with van der Waals surface area (Å²) in [6.07, 6.45) is 0.411. The number of carbonyl (C=O) groups excluding carboxylic acids is 1. The molecule has 0 aliphatic carbocycles. The Morgan fingerprint density at radius 1 is 1.21 bits per heavy atom. The number of nitrogens with one attached hydrogen (secondary N) is 2. The Morgan fingerprint density at radius 3 is 2.37 bits per heavy atom. The molecule has 1 rings (SSSR count). The molecule has 0 bridgehead atoms. The monoisotopic (exact) mass is 264 g/mol. The molecular weight excluding hydrogens is 244 g/mol. The lowest BCUT2D eigenvalue weighted by Crippen LogP contribution is -2.46. The van der Waals surface area contributed by atoms with Gasteiger partial charge < -0.3 is 15.7 Å². The van der Waals surface area contributed by atoms with E-state index in [2.05, 4.69) is 10.6 Å². The van der Waals surface area contributed by atoms with E-state index in [1.54, 1.807) is 0 Å². The van der Waals surface area contributed by atoms with Gasteiger partial charge in [0.2, 0.25) is 0 Å². The zero-order chi connectivity index (χ0) is 14.3. The second-order valence-corrected chi connectivity index (χ2v) is 4.83. The maximum Gasteiger partial charge on any atom is 0.326 e. The van der Waals surface area contributed by atoms with Gasteiger partial charge in [0, 0.05) is 6.54 Å². The summed E-state index contributed by atoms with van der Waals surface area (Å²) in [6, 6.07) is 8.13. The summed E-state index contributed by atoms with van der Waals surface area (Å²) in [6.45, 7) is 4.21. The standard InChI is InChI=1S/C14H20N2O3/c1-10(2)8-12(13(17)18)16-14(19)15-9-11-6-4-3-5-7-11/h3-7,10,12H,8-9H2,1-2H3,(H,17,18)(H2,15,16,19). The molecule has 5 nitrogen and oxygen atoms in total. The first-order valence-electron chi connectivity index (χ1n) is 6.30. The molecular formula is C14H20N2O3. The minimum Gasteiger partial charge on any atom is -0.480 e. The lowest BCUT2D eigenvalue weighted by molar-refractivity contribution is -0.139. The molecule has 0 aliphatic heterocycles. The lowest BCUT2D eigenvalue weighted by Gasteiger charge is -2.16. The van der Waals surface area contributed by atoms with Crippen LogP contribution in [0.5, 0.6) is 0 Å². The molecule has 0 aromatic heterocycles. The van der Waals surface area contributed by atoms with Crippen LogP contribution in [0.2, 0.25) is 0 Å². The van der Waals surface area contributed by atoms with Crippen LogP contribution >= 0.6 is 0 Å². The summed E-state index contributed by atoms with van der Waals surface area (Å²) < 4.78 is 0. The first kappa shape index (κ1) is 15.0. The number of carbonyl (C=O) groups is 2. The number of benzene rings is 1. The molecule has 3 N–H and O–H groups in total. The van der Waals surface area contributed by atoms with E-state index in [9.17, 15) is 9.59 Å². The summed E-state index contributed by atoms with van der Waals surface area (Å²) in [4.78, 5) is 22.6. The molecule has 0 radical (unpaired) electrons. The molecule has 1 unspecified atom stereocenters. The van der Waals surface area contributed by atoms with Gasteiger partial charge in [0.05, 0.1) is 0 Å².